The van der Waals surface area contributed by atoms with Crippen molar-refractivity contribution in [1.82, 2.24) is 4.98 Å². The lowest BCUT2D eigenvalue weighted by molar-refractivity contribution is -0.122. The number of ether oxygens (including phenoxy) is 1. The van der Waals surface area contributed by atoms with Crippen LogP contribution in [0.3, 0.4) is 0 Å². The van der Waals surface area contributed by atoms with Gasteiger partial charge in [0, 0.05) is 37.8 Å². The first-order valence-corrected chi connectivity index (χ1v) is 6.48. The normalized spacial score (nSPS) is 16.7. The Kier molecular flexibility index (Phi) is 3.21. The number of hydrogen-bond acceptors (Lipinski definition) is 4. The molecule has 1 aliphatic rings. The molecule has 1 aliphatic heterocycles. The predicted octanol–water partition coefficient (Wildman–Crippen LogP) is 2.50. The maximum atomic E-state index is 12.1. The van der Waals surface area contributed by atoms with E-state index in [1.54, 1.807) is 6.92 Å². The van der Waals surface area contributed by atoms with E-state index in [9.17, 15) is 4.79 Å². The molecule has 5 heteroatoms. The molecule has 0 spiro atoms. The summed E-state index contributed by atoms with van der Waals surface area (Å²) in [5.74, 6) is 0.725. The fourth-order valence-corrected chi connectivity index (χ4v) is 2.32. The minimum Gasteiger partial charge on any atom is -0.441 e. The maximum Gasteiger partial charge on any atom is 0.227 e. The number of fused-ring (bicyclic) bond motifs is 1. The van der Waals surface area contributed by atoms with Gasteiger partial charge in [0.15, 0.2) is 11.5 Å². The van der Waals surface area contributed by atoms with E-state index in [0.717, 1.165) is 24.0 Å². The maximum absolute atomic E-state index is 12.1. The van der Waals surface area contributed by atoms with Crippen LogP contribution in [0.5, 0.6) is 0 Å². The van der Waals surface area contributed by atoms with Gasteiger partial charge >= 0.3 is 0 Å². The van der Waals surface area contributed by atoms with Crippen molar-refractivity contribution < 1.29 is 13.9 Å². The van der Waals surface area contributed by atoms with Crippen LogP contribution in [0.2, 0.25) is 0 Å². The van der Waals surface area contributed by atoms with Crippen LogP contribution in [0.15, 0.2) is 22.6 Å². The SMILES string of the molecule is Cc1nc2ccc(NC(=O)C3CCOCC3)cc2o1. The first kappa shape index (κ1) is 12.2. The predicted molar refractivity (Wildman–Crippen MR) is 70.9 cm³/mol. The highest BCUT2D eigenvalue weighted by atomic mass is 16.5. The second kappa shape index (κ2) is 5.01. The summed E-state index contributed by atoms with van der Waals surface area (Å²) >= 11 is 0. The molecule has 100 valence electrons. The van der Waals surface area contributed by atoms with Crippen LogP contribution in [-0.4, -0.2) is 24.1 Å². The molecule has 0 aliphatic carbocycles. The molecular weight excluding hydrogens is 244 g/mol. The van der Waals surface area contributed by atoms with Gasteiger partial charge in [0.2, 0.25) is 5.91 Å². The topological polar surface area (TPSA) is 64.4 Å². The number of oxazole rings is 1. The van der Waals surface area contributed by atoms with Crippen molar-refractivity contribution in [2.45, 2.75) is 19.8 Å². The molecule has 5 nitrogen and oxygen atoms in total. The van der Waals surface area contributed by atoms with Gasteiger partial charge in [0.05, 0.1) is 0 Å². The van der Waals surface area contributed by atoms with Gasteiger partial charge in [-0.25, -0.2) is 4.98 Å². The van der Waals surface area contributed by atoms with Crippen LogP contribution in [0.1, 0.15) is 18.7 Å². The minimum absolute atomic E-state index is 0.0425. The largest absolute Gasteiger partial charge is 0.441 e. The third kappa shape index (κ3) is 2.61. The Morgan fingerprint density at radius 1 is 1.37 bits per heavy atom. The number of benzene rings is 1. The molecule has 0 atom stereocenters. The van der Waals surface area contributed by atoms with Crippen LogP contribution in [0.4, 0.5) is 5.69 Å². The number of anilines is 1. The number of aryl methyl sites for hydroxylation is 1. The fraction of sp³-hybridized carbons (Fsp3) is 0.429. The number of rotatable bonds is 2. The summed E-state index contributed by atoms with van der Waals surface area (Å²) in [6.45, 7) is 3.14. The van der Waals surface area contributed by atoms with Crippen LogP contribution in [0, 0.1) is 12.8 Å². The number of aromatic nitrogens is 1. The average Bonchev–Trinajstić information content (AvgIpc) is 2.79. The molecule has 0 radical (unpaired) electrons. The Labute approximate surface area is 111 Å². The summed E-state index contributed by atoms with van der Waals surface area (Å²) in [7, 11) is 0. The lowest BCUT2D eigenvalue weighted by Gasteiger charge is -2.21. The Balaban J connectivity index is 1.74. The first-order chi connectivity index (χ1) is 9.22. The number of carbonyl (C=O) groups excluding carboxylic acids is 1. The zero-order valence-electron chi connectivity index (χ0n) is 10.8. The summed E-state index contributed by atoms with van der Waals surface area (Å²) in [4.78, 5) is 16.3. The lowest BCUT2D eigenvalue weighted by Crippen LogP contribution is -2.28. The molecule has 2 aromatic rings. The quantitative estimate of drug-likeness (QED) is 0.901. The van der Waals surface area contributed by atoms with Crippen LogP contribution in [-0.2, 0) is 9.53 Å². The van der Waals surface area contributed by atoms with Crippen molar-refractivity contribution in [3.63, 3.8) is 0 Å². The van der Waals surface area contributed by atoms with E-state index in [4.69, 9.17) is 9.15 Å². The van der Waals surface area contributed by atoms with Crippen molar-refractivity contribution in [1.29, 1.82) is 0 Å². The van der Waals surface area contributed by atoms with Gasteiger partial charge in [-0.2, -0.15) is 0 Å². The van der Waals surface area contributed by atoms with Crippen LogP contribution >= 0.6 is 0 Å². The monoisotopic (exact) mass is 260 g/mol. The standard InChI is InChI=1S/C14H16N2O3/c1-9-15-12-3-2-11(8-13(12)19-9)16-14(17)10-4-6-18-7-5-10/h2-3,8,10H,4-7H2,1H3,(H,16,17). The number of carbonyl (C=O) groups is 1. The molecule has 19 heavy (non-hydrogen) atoms. The molecule has 0 unspecified atom stereocenters. The zero-order chi connectivity index (χ0) is 13.2. The highest BCUT2D eigenvalue weighted by molar-refractivity contribution is 5.94. The van der Waals surface area contributed by atoms with E-state index in [-0.39, 0.29) is 11.8 Å². The van der Waals surface area contributed by atoms with E-state index < -0.39 is 0 Å². The number of nitrogens with one attached hydrogen (secondary N) is 1. The van der Waals surface area contributed by atoms with Gasteiger partial charge in [0.25, 0.3) is 0 Å². The Bertz CT molecular complexity index is 600. The van der Waals surface area contributed by atoms with Gasteiger partial charge in [-0.05, 0) is 25.0 Å². The molecule has 2 heterocycles. The number of amides is 1. The summed E-state index contributed by atoms with van der Waals surface area (Å²) in [5, 5.41) is 2.93. The third-order valence-corrected chi connectivity index (χ3v) is 3.35. The second-order valence-electron chi connectivity index (χ2n) is 4.79. The second-order valence-corrected chi connectivity index (χ2v) is 4.79. The average molecular weight is 260 g/mol. The summed E-state index contributed by atoms with van der Waals surface area (Å²) < 4.78 is 10.7. The number of hydrogen-bond donors (Lipinski definition) is 1. The molecule has 3 rings (SSSR count). The van der Waals surface area contributed by atoms with E-state index in [1.165, 1.54) is 0 Å². The fourth-order valence-electron chi connectivity index (χ4n) is 2.32. The van der Waals surface area contributed by atoms with E-state index in [2.05, 4.69) is 10.3 Å². The third-order valence-electron chi connectivity index (χ3n) is 3.35. The molecule has 0 bridgehead atoms. The van der Waals surface area contributed by atoms with Crippen molar-refractivity contribution in [2.24, 2.45) is 5.92 Å². The molecule has 1 fully saturated rings. The van der Waals surface area contributed by atoms with Gasteiger partial charge in [0.1, 0.15) is 5.52 Å². The molecule has 1 amide bonds. The molecular formula is C14H16N2O3. The van der Waals surface area contributed by atoms with Crippen molar-refractivity contribution in [3.8, 4) is 0 Å². The molecule has 0 saturated carbocycles. The van der Waals surface area contributed by atoms with Gasteiger partial charge in [-0.15, -0.1) is 0 Å². The Morgan fingerprint density at radius 2 is 2.16 bits per heavy atom. The van der Waals surface area contributed by atoms with E-state index in [0.29, 0.717) is 24.7 Å². The molecule has 1 aromatic heterocycles. The summed E-state index contributed by atoms with van der Waals surface area (Å²) in [5.41, 5.74) is 2.25. The molecule has 1 N–H and O–H groups in total. The van der Waals surface area contributed by atoms with Gasteiger partial charge in [-0.3, -0.25) is 4.79 Å². The number of nitrogens with zero attached hydrogens (tertiary/aromatic N) is 1. The minimum atomic E-state index is 0.0425. The molecule has 1 saturated heterocycles. The Morgan fingerprint density at radius 3 is 2.95 bits per heavy atom. The van der Waals surface area contributed by atoms with Crippen molar-refractivity contribution in [3.05, 3.63) is 24.1 Å². The van der Waals surface area contributed by atoms with Gasteiger partial charge < -0.3 is 14.5 Å². The Hall–Kier alpha value is -1.88. The van der Waals surface area contributed by atoms with E-state index in [1.807, 2.05) is 18.2 Å². The zero-order valence-corrected chi connectivity index (χ0v) is 10.8. The lowest BCUT2D eigenvalue weighted by atomic mass is 9.99. The summed E-state index contributed by atoms with van der Waals surface area (Å²) in [6, 6.07) is 5.51. The highest BCUT2D eigenvalue weighted by Gasteiger charge is 2.21. The van der Waals surface area contributed by atoms with E-state index >= 15 is 0 Å². The van der Waals surface area contributed by atoms with Crippen LogP contribution < -0.4 is 5.32 Å². The van der Waals surface area contributed by atoms with Crippen molar-refractivity contribution in [2.75, 3.05) is 18.5 Å². The van der Waals surface area contributed by atoms with Gasteiger partial charge in [-0.1, -0.05) is 0 Å². The van der Waals surface area contributed by atoms with Crippen molar-refractivity contribution >= 4 is 22.7 Å². The first-order valence-electron chi connectivity index (χ1n) is 6.48. The molecule has 1 aromatic carbocycles. The summed E-state index contributed by atoms with van der Waals surface area (Å²) in [6.07, 6.45) is 1.57. The highest BCUT2D eigenvalue weighted by Crippen LogP contribution is 2.22. The smallest absolute Gasteiger partial charge is 0.227 e. The van der Waals surface area contributed by atoms with Crippen LogP contribution in [0.25, 0.3) is 11.1 Å².